The lowest BCUT2D eigenvalue weighted by Gasteiger charge is -2.11. The number of nitrogens with one attached hydrogen (secondary N) is 1. The molecule has 138 valence electrons. The summed E-state index contributed by atoms with van der Waals surface area (Å²) >= 11 is 0. The molecule has 0 spiro atoms. The van der Waals surface area contributed by atoms with Crippen LogP contribution in [0, 0.1) is 20.8 Å². The molecule has 2 aromatic heterocycles. The van der Waals surface area contributed by atoms with Crippen LogP contribution in [0.2, 0.25) is 0 Å². The van der Waals surface area contributed by atoms with Gasteiger partial charge in [-0.15, -0.1) is 0 Å². The van der Waals surface area contributed by atoms with Gasteiger partial charge in [0.05, 0.1) is 19.3 Å². The van der Waals surface area contributed by atoms with E-state index in [-0.39, 0.29) is 17.2 Å². The van der Waals surface area contributed by atoms with Crippen LogP contribution >= 0.6 is 0 Å². The highest BCUT2D eigenvalue weighted by atomic mass is 32.2. The topological polar surface area (TPSA) is 94.6 Å². The van der Waals surface area contributed by atoms with Gasteiger partial charge >= 0.3 is 0 Å². The normalized spacial score (nSPS) is 11.7. The van der Waals surface area contributed by atoms with E-state index in [0.717, 1.165) is 17.0 Å². The smallest absolute Gasteiger partial charge is 0.244 e. The summed E-state index contributed by atoms with van der Waals surface area (Å²) in [6.45, 7) is 5.60. The Morgan fingerprint density at radius 1 is 1.15 bits per heavy atom. The maximum Gasteiger partial charge on any atom is 0.244 e. The zero-order valence-corrected chi connectivity index (χ0v) is 15.8. The van der Waals surface area contributed by atoms with Crippen molar-refractivity contribution in [1.82, 2.24) is 9.88 Å². The fourth-order valence-corrected chi connectivity index (χ4v) is 3.68. The van der Waals surface area contributed by atoms with E-state index in [1.807, 2.05) is 13.8 Å². The zero-order valence-electron chi connectivity index (χ0n) is 15.0. The Labute approximate surface area is 152 Å². The third-order valence-corrected chi connectivity index (χ3v) is 5.55. The van der Waals surface area contributed by atoms with E-state index in [0.29, 0.717) is 17.1 Å². The standard InChI is InChI=1S/C18H20N2O5S/c1-11-5-7-15(24-11)10-19-26(21,22)17-8-6-14(9-16(17)23-4)18-12(2)13(3)20-25-18/h5-9,19H,10H2,1-4H3. The predicted octanol–water partition coefficient (Wildman–Crippen LogP) is 3.35. The van der Waals surface area contributed by atoms with Gasteiger partial charge in [-0.25, -0.2) is 13.1 Å². The number of hydrogen-bond donors (Lipinski definition) is 1. The van der Waals surface area contributed by atoms with E-state index in [4.69, 9.17) is 13.7 Å². The van der Waals surface area contributed by atoms with Crippen molar-refractivity contribution in [3.05, 3.63) is 53.1 Å². The first-order chi connectivity index (χ1) is 12.3. The first-order valence-electron chi connectivity index (χ1n) is 7.98. The Hall–Kier alpha value is -2.58. The molecule has 0 aliphatic heterocycles. The van der Waals surface area contributed by atoms with Gasteiger partial charge in [0.1, 0.15) is 22.2 Å². The first kappa shape index (κ1) is 18.2. The second kappa shape index (κ2) is 6.97. The van der Waals surface area contributed by atoms with Crippen LogP contribution in [-0.4, -0.2) is 20.7 Å². The predicted molar refractivity (Wildman–Crippen MR) is 95.4 cm³/mol. The van der Waals surface area contributed by atoms with Crippen LogP contribution in [0.25, 0.3) is 11.3 Å². The van der Waals surface area contributed by atoms with E-state index in [1.54, 1.807) is 31.2 Å². The molecule has 1 aromatic carbocycles. The SMILES string of the molecule is COc1cc(-c2onc(C)c2C)ccc1S(=O)(=O)NCc1ccc(C)o1. The molecule has 0 radical (unpaired) electrons. The summed E-state index contributed by atoms with van der Waals surface area (Å²) in [5, 5.41) is 3.93. The fraction of sp³-hybridized carbons (Fsp3) is 0.278. The van der Waals surface area contributed by atoms with Gasteiger partial charge in [0.15, 0.2) is 5.76 Å². The lowest BCUT2D eigenvalue weighted by atomic mass is 10.1. The average Bonchev–Trinajstić information content (AvgIpc) is 3.18. The van der Waals surface area contributed by atoms with Gasteiger partial charge in [-0.3, -0.25) is 0 Å². The molecule has 0 aliphatic carbocycles. The van der Waals surface area contributed by atoms with Crippen molar-refractivity contribution in [1.29, 1.82) is 0 Å². The van der Waals surface area contributed by atoms with Gasteiger partial charge in [-0.2, -0.15) is 0 Å². The number of nitrogens with zero attached hydrogens (tertiary/aromatic N) is 1. The molecule has 3 rings (SSSR count). The van der Waals surface area contributed by atoms with Crippen LogP contribution in [0.1, 0.15) is 22.8 Å². The van der Waals surface area contributed by atoms with Gasteiger partial charge in [0.25, 0.3) is 0 Å². The molecule has 0 atom stereocenters. The van der Waals surface area contributed by atoms with Crippen LogP contribution in [0.5, 0.6) is 5.75 Å². The van der Waals surface area contributed by atoms with Crippen molar-refractivity contribution in [3.8, 4) is 17.1 Å². The van der Waals surface area contributed by atoms with Gasteiger partial charge in [-0.05, 0) is 51.1 Å². The van der Waals surface area contributed by atoms with Gasteiger partial charge in [0.2, 0.25) is 10.0 Å². The van der Waals surface area contributed by atoms with Crippen molar-refractivity contribution in [3.63, 3.8) is 0 Å². The molecule has 0 saturated heterocycles. The minimum Gasteiger partial charge on any atom is -0.495 e. The Kier molecular flexibility index (Phi) is 4.88. The number of furan rings is 1. The third-order valence-electron chi connectivity index (χ3n) is 4.10. The molecule has 1 N–H and O–H groups in total. The van der Waals surface area contributed by atoms with Gasteiger partial charge in [0, 0.05) is 11.1 Å². The lowest BCUT2D eigenvalue weighted by Crippen LogP contribution is -2.23. The molecule has 0 amide bonds. The third kappa shape index (κ3) is 3.51. The molecule has 2 heterocycles. The van der Waals surface area contributed by atoms with Crippen LogP contribution in [0.4, 0.5) is 0 Å². The van der Waals surface area contributed by atoms with Crippen molar-refractivity contribution >= 4 is 10.0 Å². The van der Waals surface area contributed by atoms with Crippen molar-refractivity contribution in [2.75, 3.05) is 7.11 Å². The number of rotatable bonds is 6. The highest BCUT2D eigenvalue weighted by Gasteiger charge is 2.22. The molecule has 3 aromatic rings. The monoisotopic (exact) mass is 376 g/mol. The second-order valence-electron chi connectivity index (χ2n) is 5.92. The largest absolute Gasteiger partial charge is 0.495 e. The minimum atomic E-state index is -3.78. The van der Waals surface area contributed by atoms with Crippen LogP contribution in [0.3, 0.4) is 0 Å². The second-order valence-corrected chi connectivity index (χ2v) is 7.66. The van der Waals surface area contributed by atoms with Crippen LogP contribution in [-0.2, 0) is 16.6 Å². The van der Waals surface area contributed by atoms with Crippen LogP contribution < -0.4 is 9.46 Å². The molecule has 7 nitrogen and oxygen atoms in total. The molecule has 0 fully saturated rings. The summed E-state index contributed by atoms with van der Waals surface area (Å²) in [6.07, 6.45) is 0. The molecule has 0 saturated carbocycles. The Bertz CT molecular complexity index is 1030. The maximum atomic E-state index is 12.6. The molecular weight excluding hydrogens is 356 g/mol. The van der Waals surface area contributed by atoms with Crippen molar-refractivity contribution in [2.45, 2.75) is 32.2 Å². The lowest BCUT2D eigenvalue weighted by molar-refractivity contribution is 0.401. The molecule has 0 aliphatic rings. The van der Waals surface area contributed by atoms with Crippen LogP contribution in [0.15, 0.2) is 44.2 Å². The summed E-state index contributed by atoms with van der Waals surface area (Å²) < 4.78 is 43.8. The van der Waals surface area contributed by atoms with E-state index >= 15 is 0 Å². The number of benzene rings is 1. The number of aromatic nitrogens is 1. The minimum absolute atomic E-state index is 0.0425. The van der Waals surface area contributed by atoms with Crippen molar-refractivity contribution in [2.24, 2.45) is 0 Å². The van der Waals surface area contributed by atoms with E-state index in [9.17, 15) is 8.42 Å². The summed E-state index contributed by atoms with van der Waals surface area (Å²) in [7, 11) is -2.35. The fourth-order valence-electron chi connectivity index (χ4n) is 2.54. The number of aryl methyl sites for hydroxylation is 2. The van der Waals surface area contributed by atoms with Crippen molar-refractivity contribution < 1.29 is 22.1 Å². The Morgan fingerprint density at radius 2 is 1.92 bits per heavy atom. The summed E-state index contributed by atoms with van der Waals surface area (Å²) in [4.78, 5) is 0.0425. The van der Waals surface area contributed by atoms with E-state index in [2.05, 4.69) is 9.88 Å². The summed E-state index contributed by atoms with van der Waals surface area (Å²) in [5.41, 5.74) is 2.38. The summed E-state index contributed by atoms with van der Waals surface area (Å²) in [6, 6.07) is 8.29. The average molecular weight is 376 g/mol. The van der Waals surface area contributed by atoms with Gasteiger partial charge < -0.3 is 13.7 Å². The summed E-state index contributed by atoms with van der Waals surface area (Å²) in [5.74, 6) is 2.07. The molecule has 0 unspecified atom stereocenters. The zero-order chi connectivity index (χ0) is 18.9. The highest BCUT2D eigenvalue weighted by Crippen LogP contribution is 2.32. The number of ether oxygens (including phenoxy) is 1. The Balaban J connectivity index is 1.90. The number of hydrogen-bond acceptors (Lipinski definition) is 6. The highest BCUT2D eigenvalue weighted by molar-refractivity contribution is 7.89. The number of methoxy groups -OCH3 is 1. The van der Waals surface area contributed by atoms with E-state index in [1.165, 1.54) is 13.2 Å². The molecule has 8 heteroatoms. The number of sulfonamides is 1. The maximum absolute atomic E-state index is 12.6. The van der Waals surface area contributed by atoms with E-state index < -0.39 is 10.0 Å². The van der Waals surface area contributed by atoms with Gasteiger partial charge in [-0.1, -0.05) is 5.16 Å². The molecule has 26 heavy (non-hydrogen) atoms. The quantitative estimate of drug-likeness (QED) is 0.709. The molecular formula is C18H20N2O5S. The Morgan fingerprint density at radius 3 is 2.50 bits per heavy atom. The first-order valence-corrected chi connectivity index (χ1v) is 9.46. The molecule has 0 bridgehead atoms.